The summed E-state index contributed by atoms with van der Waals surface area (Å²) in [5, 5.41) is 0. The number of hydrogen-bond acceptors (Lipinski definition) is 3. The van der Waals surface area contributed by atoms with Gasteiger partial charge in [0.2, 0.25) is 10.0 Å². The Morgan fingerprint density at radius 1 is 1.10 bits per heavy atom. The molecule has 0 spiro atoms. The molecular formula is C13H19F2NO3S. The second kappa shape index (κ2) is 8.28. The average Bonchev–Trinajstić information content (AvgIpc) is 2.36. The van der Waals surface area contributed by atoms with E-state index < -0.39 is 26.6 Å². The van der Waals surface area contributed by atoms with Gasteiger partial charge < -0.3 is 4.74 Å². The Kier molecular flexibility index (Phi) is 7.04. The zero-order valence-corrected chi connectivity index (χ0v) is 12.2. The molecule has 0 saturated carbocycles. The largest absolute Gasteiger partial charge is 0.381 e. The maximum absolute atomic E-state index is 13.0. The summed E-state index contributed by atoms with van der Waals surface area (Å²) in [6.07, 6.45) is 2.51. The summed E-state index contributed by atoms with van der Waals surface area (Å²) in [7, 11) is -3.89. The van der Waals surface area contributed by atoms with Gasteiger partial charge in [0.05, 0.1) is 4.90 Å². The molecule has 0 radical (unpaired) electrons. The van der Waals surface area contributed by atoms with Crippen molar-refractivity contribution in [1.82, 2.24) is 4.72 Å². The second-order valence-electron chi connectivity index (χ2n) is 4.32. The van der Waals surface area contributed by atoms with Crippen LogP contribution in [0.3, 0.4) is 0 Å². The highest BCUT2D eigenvalue weighted by molar-refractivity contribution is 7.89. The van der Waals surface area contributed by atoms with Crippen molar-refractivity contribution >= 4 is 10.0 Å². The number of nitrogens with one attached hydrogen (secondary N) is 1. The van der Waals surface area contributed by atoms with Gasteiger partial charge in [-0.2, -0.15) is 0 Å². The van der Waals surface area contributed by atoms with Gasteiger partial charge in [-0.05, 0) is 25.0 Å². The molecule has 0 bridgehead atoms. The van der Waals surface area contributed by atoms with Crippen molar-refractivity contribution in [2.75, 3.05) is 19.8 Å². The van der Waals surface area contributed by atoms with Gasteiger partial charge >= 0.3 is 0 Å². The molecule has 1 aromatic carbocycles. The molecule has 0 unspecified atom stereocenters. The highest BCUT2D eigenvalue weighted by atomic mass is 32.2. The Balaban J connectivity index is 2.42. The van der Waals surface area contributed by atoms with E-state index in [2.05, 4.69) is 11.6 Å². The molecule has 0 aliphatic heterocycles. The van der Waals surface area contributed by atoms with E-state index in [1.807, 2.05) is 0 Å². The minimum absolute atomic E-state index is 0.159. The lowest BCUT2D eigenvalue weighted by Gasteiger charge is -2.07. The Hall–Kier alpha value is -1.05. The third-order valence-corrected chi connectivity index (χ3v) is 3.99. The van der Waals surface area contributed by atoms with Crippen LogP contribution < -0.4 is 4.72 Å². The predicted molar refractivity (Wildman–Crippen MR) is 71.9 cm³/mol. The van der Waals surface area contributed by atoms with Crippen LogP contribution in [0.5, 0.6) is 0 Å². The highest BCUT2D eigenvalue weighted by Gasteiger charge is 2.15. The van der Waals surface area contributed by atoms with Crippen LogP contribution in [0.1, 0.15) is 26.2 Å². The van der Waals surface area contributed by atoms with E-state index in [0.717, 1.165) is 25.0 Å². The molecule has 0 aromatic heterocycles. The third kappa shape index (κ3) is 5.94. The van der Waals surface area contributed by atoms with Crippen LogP contribution in [0.4, 0.5) is 8.78 Å². The van der Waals surface area contributed by atoms with Gasteiger partial charge in [0.1, 0.15) is 11.6 Å². The molecule has 1 aromatic rings. The Labute approximate surface area is 118 Å². The number of rotatable bonds is 9. The monoisotopic (exact) mass is 307 g/mol. The number of halogens is 2. The van der Waals surface area contributed by atoms with E-state index >= 15 is 0 Å². The zero-order valence-electron chi connectivity index (χ0n) is 11.4. The smallest absolute Gasteiger partial charge is 0.240 e. The molecule has 0 heterocycles. The van der Waals surface area contributed by atoms with Crippen LogP contribution in [0, 0.1) is 11.6 Å². The SMILES string of the molecule is CCCCOCCCNS(=O)(=O)c1cc(F)cc(F)c1. The summed E-state index contributed by atoms with van der Waals surface area (Å²) in [6.45, 7) is 3.31. The van der Waals surface area contributed by atoms with Crippen LogP contribution in [0.25, 0.3) is 0 Å². The third-order valence-electron chi connectivity index (χ3n) is 2.55. The normalized spacial score (nSPS) is 11.8. The molecule has 20 heavy (non-hydrogen) atoms. The maximum Gasteiger partial charge on any atom is 0.240 e. The van der Waals surface area contributed by atoms with Gasteiger partial charge in [-0.3, -0.25) is 0 Å². The van der Waals surface area contributed by atoms with Gasteiger partial charge in [0, 0.05) is 25.8 Å². The van der Waals surface area contributed by atoms with Crippen LogP contribution in [-0.2, 0) is 14.8 Å². The fourth-order valence-corrected chi connectivity index (χ4v) is 2.61. The van der Waals surface area contributed by atoms with Crippen LogP contribution in [0.2, 0.25) is 0 Å². The van der Waals surface area contributed by atoms with E-state index in [1.165, 1.54) is 0 Å². The van der Waals surface area contributed by atoms with Crippen molar-refractivity contribution in [3.8, 4) is 0 Å². The molecular weight excluding hydrogens is 288 g/mol. The Morgan fingerprint density at radius 2 is 1.70 bits per heavy atom. The summed E-state index contributed by atoms with van der Waals surface area (Å²) >= 11 is 0. The van der Waals surface area contributed by atoms with Crippen molar-refractivity contribution in [3.63, 3.8) is 0 Å². The molecule has 0 saturated heterocycles. The van der Waals surface area contributed by atoms with Gasteiger partial charge in [0.25, 0.3) is 0 Å². The minimum atomic E-state index is -3.89. The predicted octanol–water partition coefficient (Wildman–Crippen LogP) is 2.45. The lowest BCUT2D eigenvalue weighted by atomic mass is 10.3. The summed E-state index contributed by atoms with van der Waals surface area (Å²) in [5.74, 6) is -1.85. The van der Waals surface area contributed by atoms with Gasteiger partial charge in [-0.15, -0.1) is 0 Å². The number of sulfonamides is 1. The van der Waals surface area contributed by atoms with Gasteiger partial charge in [-0.1, -0.05) is 13.3 Å². The molecule has 7 heteroatoms. The molecule has 0 fully saturated rings. The first-order valence-corrected chi connectivity index (χ1v) is 7.97. The average molecular weight is 307 g/mol. The lowest BCUT2D eigenvalue weighted by Crippen LogP contribution is -2.25. The number of unbranched alkanes of at least 4 members (excludes halogenated alkanes) is 1. The van der Waals surface area contributed by atoms with E-state index in [1.54, 1.807) is 0 Å². The second-order valence-corrected chi connectivity index (χ2v) is 6.09. The van der Waals surface area contributed by atoms with Crippen molar-refractivity contribution in [2.45, 2.75) is 31.1 Å². The van der Waals surface area contributed by atoms with Crippen molar-refractivity contribution in [2.24, 2.45) is 0 Å². The van der Waals surface area contributed by atoms with Crippen LogP contribution >= 0.6 is 0 Å². The van der Waals surface area contributed by atoms with Crippen molar-refractivity contribution in [3.05, 3.63) is 29.8 Å². The summed E-state index contributed by atoms with van der Waals surface area (Å²) < 4.78 is 57.1. The lowest BCUT2D eigenvalue weighted by molar-refractivity contribution is 0.130. The quantitative estimate of drug-likeness (QED) is 0.713. The Morgan fingerprint density at radius 3 is 2.30 bits per heavy atom. The first kappa shape index (κ1) is 17.0. The molecule has 0 aliphatic carbocycles. The van der Waals surface area contributed by atoms with Gasteiger partial charge in [-0.25, -0.2) is 21.9 Å². The fourth-order valence-electron chi connectivity index (χ4n) is 1.50. The Bertz CT molecular complexity index is 500. The summed E-state index contributed by atoms with van der Waals surface area (Å²) in [5.41, 5.74) is 0. The van der Waals surface area contributed by atoms with Crippen LogP contribution in [0.15, 0.2) is 23.1 Å². The number of hydrogen-bond donors (Lipinski definition) is 1. The molecule has 1 rings (SSSR count). The highest BCUT2D eigenvalue weighted by Crippen LogP contribution is 2.13. The minimum Gasteiger partial charge on any atom is -0.381 e. The summed E-state index contributed by atoms with van der Waals surface area (Å²) in [6, 6.07) is 2.19. The first-order valence-electron chi connectivity index (χ1n) is 6.49. The van der Waals surface area contributed by atoms with Crippen molar-refractivity contribution in [1.29, 1.82) is 0 Å². The van der Waals surface area contributed by atoms with E-state index in [0.29, 0.717) is 25.7 Å². The van der Waals surface area contributed by atoms with E-state index in [-0.39, 0.29) is 6.54 Å². The van der Waals surface area contributed by atoms with E-state index in [9.17, 15) is 17.2 Å². The molecule has 0 amide bonds. The summed E-state index contributed by atoms with van der Waals surface area (Å²) in [4.78, 5) is -0.415. The zero-order chi connectivity index (χ0) is 15.0. The molecule has 114 valence electrons. The number of ether oxygens (including phenoxy) is 1. The van der Waals surface area contributed by atoms with Crippen LogP contribution in [-0.4, -0.2) is 28.2 Å². The maximum atomic E-state index is 13.0. The standard InChI is InChI=1S/C13H19F2NO3S/c1-2-3-6-19-7-4-5-16-20(17,18)13-9-11(14)8-12(15)10-13/h8-10,16H,2-7H2,1H3. The molecule has 1 N–H and O–H groups in total. The number of benzene rings is 1. The molecule has 0 atom stereocenters. The van der Waals surface area contributed by atoms with Crippen molar-refractivity contribution < 1.29 is 21.9 Å². The van der Waals surface area contributed by atoms with E-state index in [4.69, 9.17) is 4.74 Å². The first-order chi connectivity index (χ1) is 9.45. The molecule has 0 aliphatic rings. The van der Waals surface area contributed by atoms with Gasteiger partial charge in [0.15, 0.2) is 0 Å². The topological polar surface area (TPSA) is 55.4 Å². The molecule has 4 nitrogen and oxygen atoms in total. The fraction of sp³-hybridized carbons (Fsp3) is 0.538.